The van der Waals surface area contributed by atoms with Gasteiger partial charge >= 0.3 is 0 Å². The second kappa shape index (κ2) is 4.63. The zero-order valence-corrected chi connectivity index (χ0v) is 10.2. The van der Waals surface area contributed by atoms with Gasteiger partial charge in [0.15, 0.2) is 0 Å². The summed E-state index contributed by atoms with van der Waals surface area (Å²) in [5.74, 6) is 0.307. The maximum atomic E-state index is 10.5. The third kappa shape index (κ3) is 2.42. The zero-order chi connectivity index (χ0) is 12.5. The van der Waals surface area contributed by atoms with E-state index in [2.05, 4.69) is 4.98 Å². The van der Waals surface area contributed by atoms with Gasteiger partial charge in [-0.15, -0.1) is 0 Å². The monoisotopic (exact) mass is 236 g/mol. The standard InChI is InChI=1S/C13H20N2O2/c1-9-7-10(12(14)15-8-9)11(16)13(17)5-3-2-4-6-13/h7-8,11,16-17H,2-6H2,1H3,(H2,14,15). The molecule has 4 N–H and O–H groups in total. The second-order valence-corrected chi connectivity index (χ2v) is 5.05. The third-order valence-electron chi connectivity index (χ3n) is 3.61. The Kier molecular flexibility index (Phi) is 3.35. The highest BCUT2D eigenvalue weighted by Gasteiger charge is 2.38. The van der Waals surface area contributed by atoms with Gasteiger partial charge in [0.25, 0.3) is 0 Å². The summed E-state index contributed by atoms with van der Waals surface area (Å²) < 4.78 is 0. The van der Waals surface area contributed by atoms with Crippen molar-refractivity contribution >= 4 is 5.82 Å². The summed E-state index contributed by atoms with van der Waals surface area (Å²) in [6.07, 6.45) is 5.01. The number of nitrogens with zero attached hydrogens (tertiary/aromatic N) is 1. The van der Waals surface area contributed by atoms with Gasteiger partial charge in [-0.05, 0) is 31.4 Å². The lowest BCUT2D eigenvalue weighted by molar-refractivity contribution is -0.0989. The summed E-state index contributed by atoms with van der Waals surface area (Å²) >= 11 is 0. The third-order valence-corrected chi connectivity index (χ3v) is 3.61. The van der Waals surface area contributed by atoms with Gasteiger partial charge in [0.2, 0.25) is 0 Å². The first-order chi connectivity index (χ1) is 8.03. The van der Waals surface area contributed by atoms with Crippen molar-refractivity contribution in [1.29, 1.82) is 0 Å². The minimum Gasteiger partial charge on any atom is -0.387 e. The molecule has 0 aromatic carbocycles. The van der Waals surface area contributed by atoms with Crippen molar-refractivity contribution in [2.24, 2.45) is 0 Å². The molecule has 17 heavy (non-hydrogen) atoms. The molecule has 0 radical (unpaired) electrons. The minimum atomic E-state index is -1.04. The molecule has 1 aromatic heterocycles. The second-order valence-electron chi connectivity index (χ2n) is 5.05. The maximum Gasteiger partial charge on any atom is 0.129 e. The molecule has 1 aliphatic carbocycles. The largest absolute Gasteiger partial charge is 0.387 e. The van der Waals surface area contributed by atoms with Gasteiger partial charge in [0.1, 0.15) is 11.9 Å². The summed E-state index contributed by atoms with van der Waals surface area (Å²) in [7, 11) is 0. The van der Waals surface area contributed by atoms with Crippen LogP contribution in [0.5, 0.6) is 0 Å². The lowest BCUT2D eigenvalue weighted by Gasteiger charge is -2.36. The number of aromatic nitrogens is 1. The van der Waals surface area contributed by atoms with Crippen LogP contribution in [0.15, 0.2) is 12.3 Å². The lowest BCUT2D eigenvalue weighted by atomic mass is 9.78. The highest BCUT2D eigenvalue weighted by Crippen LogP contribution is 2.39. The average molecular weight is 236 g/mol. The number of hydrogen-bond donors (Lipinski definition) is 3. The first-order valence-electron chi connectivity index (χ1n) is 6.15. The topological polar surface area (TPSA) is 79.4 Å². The molecule has 4 nitrogen and oxygen atoms in total. The van der Waals surface area contributed by atoms with Crippen LogP contribution in [-0.2, 0) is 0 Å². The van der Waals surface area contributed by atoms with Gasteiger partial charge in [0.05, 0.1) is 5.60 Å². The smallest absolute Gasteiger partial charge is 0.129 e. The Morgan fingerprint density at radius 2 is 2.00 bits per heavy atom. The van der Waals surface area contributed by atoms with Gasteiger partial charge in [-0.1, -0.05) is 19.3 Å². The van der Waals surface area contributed by atoms with Crippen molar-refractivity contribution < 1.29 is 10.2 Å². The Morgan fingerprint density at radius 1 is 1.35 bits per heavy atom. The van der Waals surface area contributed by atoms with Gasteiger partial charge in [-0.25, -0.2) is 4.98 Å². The molecule has 0 amide bonds. The number of nitrogens with two attached hydrogens (primary N) is 1. The van der Waals surface area contributed by atoms with Crippen LogP contribution in [0.3, 0.4) is 0 Å². The van der Waals surface area contributed by atoms with E-state index >= 15 is 0 Å². The van der Waals surface area contributed by atoms with Crippen molar-refractivity contribution in [3.05, 3.63) is 23.4 Å². The Bertz CT molecular complexity index is 400. The highest BCUT2D eigenvalue weighted by molar-refractivity contribution is 5.43. The number of pyridine rings is 1. The quantitative estimate of drug-likeness (QED) is 0.730. The fraction of sp³-hybridized carbons (Fsp3) is 0.615. The Labute approximate surface area is 101 Å². The van der Waals surface area contributed by atoms with E-state index in [9.17, 15) is 10.2 Å². The van der Waals surface area contributed by atoms with Crippen molar-refractivity contribution in [3.63, 3.8) is 0 Å². The molecule has 1 heterocycles. The number of nitrogen functional groups attached to an aromatic ring is 1. The number of hydrogen-bond acceptors (Lipinski definition) is 4. The molecular formula is C13H20N2O2. The molecule has 1 aliphatic rings. The highest BCUT2D eigenvalue weighted by atomic mass is 16.3. The number of rotatable bonds is 2. The summed E-state index contributed by atoms with van der Waals surface area (Å²) in [6, 6.07) is 1.81. The first-order valence-corrected chi connectivity index (χ1v) is 6.15. The van der Waals surface area contributed by atoms with Gasteiger partial charge in [-0.3, -0.25) is 0 Å². The normalized spacial score (nSPS) is 21.1. The van der Waals surface area contributed by atoms with E-state index in [4.69, 9.17) is 5.73 Å². The van der Waals surface area contributed by atoms with Crippen LogP contribution < -0.4 is 5.73 Å². The van der Waals surface area contributed by atoms with Crippen LogP contribution in [0.2, 0.25) is 0 Å². The van der Waals surface area contributed by atoms with Crippen LogP contribution in [0.1, 0.15) is 49.3 Å². The van der Waals surface area contributed by atoms with E-state index in [0.717, 1.165) is 24.8 Å². The molecule has 1 fully saturated rings. The molecule has 1 atom stereocenters. The summed E-state index contributed by atoms with van der Waals surface area (Å²) in [6.45, 7) is 1.90. The van der Waals surface area contributed by atoms with Crippen LogP contribution in [0.25, 0.3) is 0 Å². The number of aliphatic hydroxyl groups excluding tert-OH is 1. The van der Waals surface area contributed by atoms with Crippen LogP contribution in [-0.4, -0.2) is 20.8 Å². The molecular weight excluding hydrogens is 216 g/mol. The molecule has 4 heteroatoms. The SMILES string of the molecule is Cc1cnc(N)c(C(O)C2(O)CCCCC2)c1. The maximum absolute atomic E-state index is 10.5. The van der Waals surface area contributed by atoms with E-state index in [1.165, 1.54) is 0 Å². The van der Waals surface area contributed by atoms with Crippen molar-refractivity contribution in [3.8, 4) is 0 Å². The lowest BCUT2D eigenvalue weighted by Crippen LogP contribution is -2.38. The molecule has 0 bridgehead atoms. The van der Waals surface area contributed by atoms with Crippen molar-refractivity contribution in [1.82, 2.24) is 4.98 Å². The first kappa shape index (κ1) is 12.3. The van der Waals surface area contributed by atoms with E-state index in [1.807, 2.05) is 6.92 Å². The van der Waals surface area contributed by atoms with Crippen molar-refractivity contribution in [2.45, 2.75) is 50.7 Å². The van der Waals surface area contributed by atoms with Gasteiger partial charge < -0.3 is 15.9 Å². The van der Waals surface area contributed by atoms with Crippen LogP contribution in [0.4, 0.5) is 5.82 Å². The summed E-state index contributed by atoms with van der Waals surface area (Å²) in [5, 5.41) is 20.8. The van der Waals surface area contributed by atoms with Crippen LogP contribution in [0, 0.1) is 6.92 Å². The molecule has 0 saturated heterocycles. The van der Waals surface area contributed by atoms with Crippen molar-refractivity contribution in [2.75, 3.05) is 5.73 Å². The molecule has 1 aromatic rings. The van der Waals surface area contributed by atoms with Gasteiger partial charge in [0, 0.05) is 11.8 Å². The Morgan fingerprint density at radius 3 is 2.65 bits per heavy atom. The molecule has 0 spiro atoms. The number of anilines is 1. The van der Waals surface area contributed by atoms with Gasteiger partial charge in [-0.2, -0.15) is 0 Å². The van der Waals surface area contributed by atoms with E-state index in [0.29, 0.717) is 24.2 Å². The number of aryl methyl sites for hydroxylation is 1. The predicted octanol–water partition coefficient (Wildman–Crippen LogP) is 1.70. The predicted molar refractivity (Wildman–Crippen MR) is 66.4 cm³/mol. The molecule has 1 saturated carbocycles. The summed E-state index contributed by atoms with van der Waals surface area (Å²) in [5.41, 5.74) is 6.22. The van der Waals surface area contributed by atoms with E-state index in [-0.39, 0.29) is 0 Å². The molecule has 94 valence electrons. The molecule has 2 rings (SSSR count). The zero-order valence-electron chi connectivity index (χ0n) is 10.2. The van der Waals surface area contributed by atoms with E-state index in [1.54, 1.807) is 12.3 Å². The average Bonchev–Trinajstić information content (AvgIpc) is 2.32. The Hall–Kier alpha value is -1.13. The molecule has 1 unspecified atom stereocenters. The molecule has 0 aliphatic heterocycles. The fourth-order valence-electron chi connectivity index (χ4n) is 2.55. The fourth-order valence-corrected chi connectivity index (χ4v) is 2.55. The van der Waals surface area contributed by atoms with E-state index < -0.39 is 11.7 Å². The minimum absolute atomic E-state index is 0.307. The summed E-state index contributed by atoms with van der Waals surface area (Å²) in [4.78, 5) is 4.03. The Balaban J connectivity index is 2.29. The van der Waals surface area contributed by atoms with Crippen LogP contribution >= 0.6 is 0 Å². The number of aliphatic hydroxyl groups is 2.